The van der Waals surface area contributed by atoms with Crippen LogP contribution in [0.5, 0.6) is 0 Å². The molecular weight excluding hydrogens is 328 g/mol. The van der Waals surface area contributed by atoms with Gasteiger partial charge in [0, 0.05) is 5.69 Å². The molecule has 0 radical (unpaired) electrons. The Morgan fingerprint density at radius 3 is 2.79 bits per heavy atom. The number of carbonyl (C=O) groups is 1. The summed E-state index contributed by atoms with van der Waals surface area (Å²) in [6.07, 6.45) is 0. The summed E-state index contributed by atoms with van der Waals surface area (Å²) in [5, 5.41) is 3.28. The molecule has 2 aromatic rings. The number of nitrogen functional groups attached to an aromatic ring is 1. The van der Waals surface area contributed by atoms with Gasteiger partial charge in [-0.2, -0.15) is 0 Å². The molecule has 19 heavy (non-hydrogen) atoms. The van der Waals surface area contributed by atoms with Crippen LogP contribution in [0.2, 0.25) is 5.02 Å². The standard InChI is InChI=1S/C14H12BrClN2O/c1-8-5-6-10(16)12(7-8)18-14(19)9-3-2-4-11(17)13(9)15/h2-7H,17H2,1H3,(H,18,19). The van der Waals surface area contributed by atoms with Crippen molar-refractivity contribution >= 4 is 44.8 Å². The van der Waals surface area contributed by atoms with Gasteiger partial charge in [0.15, 0.2) is 0 Å². The van der Waals surface area contributed by atoms with Crippen molar-refractivity contribution in [3.05, 3.63) is 57.0 Å². The molecule has 0 aliphatic rings. The van der Waals surface area contributed by atoms with Crippen LogP contribution in [-0.2, 0) is 0 Å². The summed E-state index contributed by atoms with van der Waals surface area (Å²) in [5.74, 6) is -0.258. The van der Waals surface area contributed by atoms with E-state index in [1.807, 2.05) is 19.1 Å². The number of benzene rings is 2. The highest BCUT2D eigenvalue weighted by Crippen LogP contribution is 2.27. The Morgan fingerprint density at radius 2 is 2.05 bits per heavy atom. The molecular formula is C14H12BrClN2O. The van der Waals surface area contributed by atoms with E-state index in [0.29, 0.717) is 26.4 Å². The maximum atomic E-state index is 12.2. The Labute approximate surface area is 124 Å². The van der Waals surface area contributed by atoms with Crippen LogP contribution < -0.4 is 11.1 Å². The van der Waals surface area contributed by atoms with Crippen molar-refractivity contribution in [1.29, 1.82) is 0 Å². The largest absolute Gasteiger partial charge is 0.398 e. The van der Waals surface area contributed by atoms with Crippen LogP contribution in [0.15, 0.2) is 40.9 Å². The molecule has 0 spiro atoms. The third-order valence-electron chi connectivity index (χ3n) is 2.64. The number of amides is 1. The van der Waals surface area contributed by atoms with Crippen LogP contribution in [0.25, 0.3) is 0 Å². The van der Waals surface area contributed by atoms with Gasteiger partial charge in [-0.25, -0.2) is 0 Å². The molecule has 1 amide bonds. The second kappa shape index (κ2) is 5.63. The van der Waals surface area contributed by atoms with Gasteiger partial charge in [-0.15, -0.1) is 0 Å². The van der Waals surface area contributed by atoms with E-state index in [9.17, 15) is 4.79 Å². The highest BCUT2D eigenvalue weighted by molar-refractivity contribution is 9.10. The summed E-state index contributed by atoms with van der Waals surface area (Å²) >= 11 is 9.36. The first-order valence-electron chi connectivity index (χ1n) is 5.60. The lowest BCUT2D eigenvalue weighted by atomic mass is 10.1. The number of nitrogens with one attached hydrogen (secondary N) is 1. The first kappa shape index (κ1) is 13.9. The number of carbonyl (C=O) groups excluding carboxylic acids is 1. The van der Waals surface area contributed by atoms with E-state index in [2.05, 4.69) is 21.2 Å². The van der Waals surface area contributed by atoms with E-state index in [1.54, 1.807) is 24.3 Å². The minimum Gasteiger partial charge on any atom is -0.398 e. The average Bonchev–Trinajstić information content (AvgIpc) is 2.37. The number of anilines is 2. The van der Waals surface area contributed by atoms with Gasteiger partial charge in [-0.05, 0) is 52.7 Å². The molecule has 0 saturated carbocycles. The molecule has 0 heterocycles. The summed E-state index contributed by atoms with van der Waals surface area (Å²) in [5.41, 5.74) is 8.34. The second-order valence-electron chi connectivity index (χ2n) is 4.15. The van der Waals surface area contributed by atoms with Crippen molar-refractivity contribution in [2.45, 2.75) is 6.92 Å². The molecule has 0 aliphatic heterocycles. The normalized spacial score (nSPS) is 10.3. The van der Waals surface area contributed by atoms with Crippen molar-refractivity contribution in [2.24, 2.45) is 0 Å². The van der Waals surface area contributed by atoms with Gasteiger partial charge >= 0.3 is 0 Å². The Balaban J connectivity index is 2.31. The van der Waals surface area contributed by atoms with Gasteiger partial charge in [0.05, 0.1) is 20.7 Å². The number of aryl methyl sites for hydroxylation is 1. The monoisotopic (exact) mass is 338 g/mol. The zero-order valence-electron chi connectivity index (χ0n) is 10.2. The first-order chi connectivity index (χ1) is 8.99. The molecule has 0 saturated heterocycles. The molecule has 0 unspecified atom stereocenters. The maximum Gasteiger partial charge on any atom is 0.256 e. The Hall–Kier alpha value is -1.52. The Bertz CT molecular complexity index is 643. The van der Waals surface area contributed by atoms with Crippen molar-refractivity contribution in [3.63, 3.8) is 0 Å². The number of nitrogens with two attached hydrogens (primary N) is 1. The van der Waals surface area contributed by atoms with Gasteiger partial charge in [0.2, 0.25) is 0 Å². The summed E-state index contributed by atoms with van der Waals surface area (Å²) in [6, 6.07) is 10.6. The summed E-state index contributed by atoms with van der Waals surface area (Å²) in [4.78, 5) is 12.2. The molecule has 5 heteroatoms. The Kier molecular flexibility index (Phi) is 4.12. The van der Waals surface area contributed by atoms with E-state index in [4.69, 9.17) is 17.3 Å². The second-order valence-corrected chi connectivity index (χ2v) is 5.35. The molecule has 0 bridgehead atoms. The Morgan fingerprint density at radius 1 is 1.32 bits per heavy atom. The van der Waals surface area contributed by atoms with Gasteiger partial charge in [0.25, 0.3) is 5.91 Å². The average molecular weight is 340 g/mol. The van der Waals surface area contributed by atoms with Crippen molar-refractivity contribution in [3.8, 4) is 0 Å². The number of hydrogen-bond donors (Lipinski definition) is 2. The molecule has 0 atom stereocenters. The zero-order chi connectivity index (χ0) is 14.0. The topological polar surface area (TPSA) is 55.1 Å². The predicted octanol–water partition coefficient (Wildman–Crippen LogP) is 4.25. The summed E-state index contributed by atoms with van der Waals surface area (Å²) < 4.78 is 0.580. The van der Waals surface area contributed by atoms with Crippen LogP contribution in [-0.4, -0.2) is 5.91 Å². The first-order valence-corrected chi connectivity index (χ1v) is 6.77. The lowest BCUT2D eigenvalue weighted by Crippen LogP contribution is -2.13. The zero-order valence-corrected chi connectivity index (χ0v) is 12.5. The van der Waals surface area contributed by atoms with Crippen LogP contribution in [0.3, 0.4) is 0 Å². The maximum absolute atomic E-state index is 12.2. The van der Waals surface area contributed by atoms with Crippen LogP contribution >= 0.6 is 27.5 Å². The molecule has 2 aromatic carbocycles. The molecule has 0 aliphatic carbocycles. The van der Waals surface area contributed by atoms with Gasteiger partial charge < -0.3 is 11.1 Å². The quantitative estimate of drug-likeness (QED) is 0.804. The van der Waals surface area contributed by atoms with E-state index < -0.39 is 0 Å². The molecule has 3 N–H and O–H groups in total. The minimum absolute atomic E-state index is 0.258. The SMILES string of the molecule is Cc1ccc(Cl)c(NC(=O)c2cccc(N)c2Br)c1. The lowest BCUT2D eigenvalue weighted by Gasteiger charge is -2.10. The third-order valence-corrected chi connectivity index (χ3v) is 3.86. The van der Waals surface area contributed by atoms with Crippen molar-refractivity contribution < 1.29 is 4.79 Å². The third kappa shape index (κ3) is 3.08. The lowest BCUT2D eigenvalue weighted by molar-refractivity contribution is 0.102. The van der Waals surface area contributed by atoms with Crippen molar-refractivity contribution in [2.75, 3.05) is 11.1 Å². The minimum atomic E-state index is -0.258. The fourth-order valence-corrected chi connectivity index (χ4v) is 2.26. The van der Waals surface area contributed by atoms with E-state index >= 15 is 0 Å². The van der Waals surface area contributed by atoms with E-state index in [0.717, 1.165) is 5.56 Å². The van der Waals surface area contributed by atoms with Crippen LogP contribution in [0, 0.1) is 6.92 Å². The van der Waals surface area contributed by atoms with Gasteiger partial charge in [-0.1, -0.05) is 23.7 Å². The number of halogens is 2. The van der Waals surface area contributed by atoms with Crippen LogP contribution in [0.1, 0.15) is 15.9 Å². The van der Waals surface area contributed by atoms with E-state index in [-0.39, 0.29) is 5.91 Å². The molecule has 3 nitrogen and oxygen atoms in total. The number of hydrogen-bond acceptors (Lipinski definition) is 2. The highest BCUT2D eigenvalue weighted by Gasteiger charge is 2.13. The van der Waals surface area contributed by atoms with Gasteiger partial charge in [0.1, 0.15) is 0 Å². The highest BCUT2D eigenvalue weighted by atomic mass is 79.9. The van der Waals surface area contributed by atoms with Gasteiger partial charge in [-0.3, -0.25) is 4.79 Å². The molecule has 2 rings (SSSR count). The summed E-state index contributed by atoms with van der Waals surface area (Å²) in [7, 11) is 0. The predicted molar refractivity (Wildman–Crippen MR) is 82.7 cm³/mol. The molecule has 0 fully saturated rings. The molecule has 0 aromatic heterocycles. The van der Waals surface area contributed by atoms with Crippen LogP contribution in [0.4, 0.5) is 11.4 Å². The smallest absolute Gasteiger partial charge is 0.256 e. The fraction of sp³-hybridized carbons (Fsp3) is 0.0714. The fourth-order valence-electron chi connectivity index (χ4n) is 1.65. The molecule has 98 valence electrons. The summed E-state index contributed by atoms with van der Waals surface area (Å²) in [6.45, 7) is 1.93. The van der Waals surface area contributed by atoms with E-state index in [1.165, 1.54) is 0 Å². The van der Waals surface area contributed by atoms with Crippen molar-refractivity contribution in [1.82, 2.24) is 0 Å². The number of rotatable bonds is 2.